The normalized spacial score (nSPS) is 12.4. The third kappa shape index (κ3) is 3.68. The van der Waals surface area contributed by atoms with Gasteiger partial charge in [-0.2, -0.15) is 5.10 Å². The number of amides is 1. The zero-order chi connectivity index (χ0) is 14.5. The van der Waals surface area contributed by atoms with Crippen LogP contribution in [0.1, 0.15) is 20.3 Å². The molecule has 1 unspecified atom stereocenters. The quantitative estimate of drug-likeness (QED) is 0.876. The second-order valence-electron chi connectivity index (χ2n) is 5.23. The number of nitrogens with zero attached hydrogens (tertiary/aromatic N) is 2. The Morgan fingerprint density at radius 2 is 2.20 bits per heavy atom. The first kappa shape index (κ1) is 14.3. The van der Waals surface area contributed by atoms with Crippen molar-refractivity contribution in [3.63, 3.8) is 0 Å². The van der Waals surface area contributed by atoms with Crippen LogP contribution in [0.25, 0.3) is 5.69 Å². The fraction of sp³-hybridized carbons (Fsp3) is 0.333. The van der Waals surface area contributed by atoms with Crippen LogP contribution in [0.2, 0.25) is 0 Å². The zero-order valence-corrected chi connectivity index (χ0v) is 11.8. The molecule has 0 radical (unpaired) electrons. The molecule has 0 aliphatic heterocycles. The topological polar surface area (TPSA) is 72.9 Å². The zero-order valence-electron chi connectivity index (χ0n) is 11.8. The van der Waals surface area contributed by atoms with Crippen molar-refractivity contribution in [3.05, 3.63) is 42.7 Å². The van der Waals surface area contributed by atoms with E-state index in [0.717, 1.165) is 11.4 Å². The number of aromatic nitrogens is 2. The molecule has 0 spiro atoms. The van der Waals surface area contributed by atoms with Crippen LogP contribution in [-0.4, -0.2) is 21.7 Å². The lowest BCUT2D eigenvalue weighted by molar-refractivity contribution is -0.117. The summed E-state index contributed by atoms with van der Waals surface area (Å²) in [7, 11) is 0. The average molecular weight is 272 g/mol. The average Bonchev–Trinajstić information content (AvgIpc) is 2.92. The van der Waals surface area contributed by atoms with Gasteiger partial charge in [-0.25, -0.2) is 4.68 Å². The Balaban J connectivity index is 2.07. The molecule has 20 heavy (non-hydrogen) atoms. The predicted molar refractivity (Wildman–Crippen MR) is 79.6 cm³/mol. The fourth-order valence-corrected chi connectivity index (χ4v) is 2.00. The van der Waals surface area contributed by atoms with Crippen LogP contribution in [0.5, 0.6) is 0 Å². The van der Waals surface area contributed by atoms with Crippen molar-refractivity contribution < 1.29 is 4.79 Å². The van der Waals surface area contributed by atoms with Gasteiger partial charge in [0.05, 0.1) is 11.7 Å². The summed E-state index contributed by atoms with van der Waals surface area (Å²) in [5.41, 5.74) is 7.49. The van der Waals surface area contributed by atoms with Gasteiger partial charge in [0.1, 0.15) is 0 Å². The highest BCUT2D eigenvalue weighted by Crippen LogP contribution is 2.14. The molecule has 3 N–H and O–H groups in total. The molecule has 5 nitrogen and oxygen atoms in total. The Bertz CT molecular complexity index is 563. The standard InChI is InChI=1S/C15H20N4O/c1-11(2)9-14(16)15(20)18-12-5-3-6-13(10-12)19-8-4-7-17-19/h3-8,10-11,14H,9,16H2,1-2H3,(H,18,20). The molecule has 1 amide bonds. The summed E-state index contributed by atoms with van der Waals surface area (Å²) in [6.07, 6.45) is 4.24. The third-order valence-electron chi connectivity index (χ3n) is 2.94. The molecule has 2 aromatic rings. The molecule has 5 heteroatoms. The molecule has 0 aliphatic rings. The van der Waals surface area contributed by atoms with Crippen molar-refractivity contribution >= 4 is 11.6 Å². The van der Waals surface area contributed by atoms with Crippen LogP contribution < -0.4 is 11.1 Å². The van der Waals surface area contributed by atoms with Gasteiger partial charge in [0, 0.05) is 18.1 Å². The van der Waals surface area contributed by atoms with E-state index in [4.69, 9.17) is 5.73 Å². The van der Waals surface area contributed by atoms with Crippen molar-refractivity contribution in [1.82, 2.24) is 9.78 Å². The highest BCUT2D eigenvalue weighted by molar-refractivity contribution is 5.94. The lowest BCUT2D eigenvalue weighted by Crippen LogP contribution is -2.36. The molecule has 0 fully saturated rings. The van der Waals surface area contributed by atoms with Crippen molar-refractivity contribution in [1.29, 1.82) is 0 Å². The van der Waals surface area contributed by atoms with Crippen molar-refractivity contribution in [2.24, 2.45) is 11.7 Å². The van der Waals surface area contributed by atoms with E-state index in [9.17, 15) is 4.79 Å². The Kier molecular flexibility index (Phi) is 4.53. The third-order valence-corrected chi connectivity index (χ3v) is 2.94. The van der Waals surface area contributed by atoms with Gasteiger partial charge in [0.15, 0.2) is 0 Å². The lowest BCUT2D eigenvalue weighted by atomic mass is 10.0. The maximum Gasteiger partial charge on any atom is 0.241 e. The van der Waals surface area contributed by atoms with E-state index < -0.39 is 6.04 Å². The summed E-state index contributed by atoms with van der Waals surface area (Å²) in [5.74, 6) is 0.238. The van der Waals surface area contributed by atoms with Gasteiger partial charge in [0.25, 0.3) is 0 Å². The number of hydrogen-bond donors (Lipinski definition) is 2. The largest absolute Gasteiger partial charge is 0.325 e. The Morgan fingerprint density at radius 3 is 2.85 bits per heavy atom. The summed E-state index contributed by atoms with van der Waals surface area (Å²) in [6.45, 7) is 4.09. The SMILES string of the molecule is CC(C)CC(N)C(=O)Nc1cccc(-n2cccn2)c1. The Morgan fingerprint density at radius 1 is 1.40 bits per heavy atom. The summed E-state index contributed by atoms with van der Waals surface area (Å²) in [6, 6.07) is 8.88. The molecular formula is C15H20N4O. The molecule has 0 saturated carbocycles. The fourth-order valence-electron chi connectivity index (χ4n) is 2.00. The van der Waals surface area contributed by atoms with Crippen LogP contribution in [0.3, 0.4) is 0 Å². The number of anilines is 1. The van der Waals surface area contributed by atoms with E-state index in [1.807, 2.05) is 50.4 Å². The molecule has 106 valence electrons. The number of carbonyl (C=O) groups excluding carboxylic acids is 1. The molecule has 1 aromatic carbocycles. The summed E-state index contributed by atoms with van der Waals surface area (Å²) in [5, 5.41) is 7.00. The van der Waals surface area contributed by atoms with Crippen LogP contribution in [-0.2, 0) is 4.79 Å². The summed E-state index contributed by atoms with van der Waals surface area (Å²) in [4.78, 5) is 12.0. The van der Waals surface area contributed by atoms with E-state index in [0.29, 0.717) is 12.3 Å². The van der Waals surface area contributed by atoms with Crippen LogP contribution in [0.4, 0.5) is 5.69 Å². The van der Waals surface area contributed by atoms with Gasteiger partial charge < -0.3 is 11.1 Å². The van der Waals surface area contributed by atoms with E-state index in [1.54, 1.807) is 10.9 Å². The van der Waals surface area contributed by atoms with Crippen LogP contribution >= 0.6 is 0 Å². The van der Waals surface area contributed by atoms with Crippen molar-refractivity contribution in [3.8, 4) is 5.69 Å². The van der Waals surface area contributed by atoms with Gasteiger partial charge in [0.2, 0.25) is 5.91 Å². The van der Waals surface area contributed by atoms with E-state index in [2.05, 4.69) is 10.4 Å². The Labute approximate surface area is 118 Å². The monoisotopic (exact) mass is 272 g/mol. The summed E-state index contributed by atoms with van der Waals surface area (Å²) >= 11 is 0. The van der Waals surface area contributed by atoms with Gasteiger partial charge in [-0.15, -0.1) is 0 Å². The number of rotatable bonds is 5. The van der Waals surface area contributed by atoms with E-state index in [-0.39, 0.29) is 5.91 Å². The molecule has 1 atom stereocenters. The Hall–Kier alpha value is -2.14. The first-order valence-corrected chi connectivity index (χ1v) is 6.73. The van der Waals surface area contributed by atoms with Gasteiger partial charge >= 0.3 is 0 Å². The smallest absolute Gasteiger partial charge is 0.241 e. The lowest BCUT2D eigenvalue weighted by Gasteiger charge is -2.14. The highest BCUT2D eigenvalue weighted by Gasteiger charge is 2.15. The molecular weight excluding hydrogens is 252 g/mol. The predicted octanol–water partition coefficient (Wildman–Crippen LogP) is 2.18. The first-order chi connectivity index (χ1) is 9.56. The second-order valence-corrected chi connectivity index (χ2v) is 5.23. The molecule has 2 rings (SSSR count). The van der Waals surface area contributed by atoms with Gasteiger partial charge in [-0.3, -0.25) is 4.79 Å². The van der Waals surface area contributed by atoms with E-state index in [1.165, 1.54) is 0 Å². The van der Waals surface area contributed by atoms with Gasteiger partial charge in [-0.05, 0) is 36.6 Å². The van der Waals surface area contributed by atoms with Gasteiger partial charge in [-0.1, -0.05) is 19.9 Å². The maximum atomic E-state index is 12.0. The first-order valence-electron chi connectivity index (χ1n) is 6.73. The minimum Gasteiger partial charge on any atom is -0.325 e. The molecule has 1 aromatic heterocycles. The van der Waals surface area contributed by atoms with Crippen molar-refractivity contribution in [2.75, 3.05) is 5.32 Å². The highest BCUT2D eigenvalue weighted by atomic mass is 16.2. The van der Waals surface area contributed by atoms with Crippen molar-refractivity contribution in [2.45, 2.75) is 26.3 Å². The maximum absolute atomic E-state index is 12.0. The number of benzene rings is 1. The molecule has 0 saturated heterocycles. The number of nitrogens with two attached hydrogens (primary N) is 1. The molecule has 0 bridgehead atoms. The number of nitrogens with one attached hydrogen (secondary N) is 1. The summed E-state index contributed by atoms with van der Waals surface area (Å²) < 4.78 is 1.74. The van der Waals surface area contributed by atoms with Crippen LogP contribution in [0, 0.1) is 5.92 Å². The molecule has 0 aliphatic carbocycles. The number of hydrogen-bond acceptors (Lipinski definition) is 3. The minimum absolute atomic E-state index is 0.156. The minimum atomic E-state index is -0.483. The molecule has 1 heterocycles. The second kappa shape index (κ2) is 6.34. The van der Waals surface area contributed by atoms with Crippen LogP contribution in [0.15, 0.2) is 42.7 Å². The number of carbonyl (C=O) groups is 1. The van der Waals surface area contributed by atoms with E-state index >= 15 is 0 Å².